The molecule has 0 amide bonds. The van der Waals surface area contributed by atoms with Gasteiger partial charge in [0.1, 0.15) is 0 Å². The van der Waals surface area contributed by atoms with Crippen LogP contribution in [-0.4, -0.2) is 21.2 Å². The van der Waals surface area contributed by atoms with Crippen molar-refractivity contribution in [2.45, 2.75) is 0 Å². The molecule has 0 unspecified atom stereocenters. The molecule has 10 heteroatoms. The minimum Gasteiger partial charge on any atom is -0.404 e. The summed E-state index contributed by atoms with van der Waals surface area (Å²) in [5.74, 6) is -1.77. The second kappa shape index (κ2) is 9.45. The van der Waals surface area contributed by atoms with Gasteiger partial charge in [-0.3, -0.25) is 9.59 Å². The summed E-state index contributed by atoms with van der Waals surface area (Å²) in [7, 11) is 0. The molecular weight excluding hydrogens is 510 g/mol. The maximum Gasteiger partial charge on any atom is 0.346 e. The predicted molar refractivity (Wildman–Crippen MR) is 128 cm³/mol. The van der Waals surface area contributed by atoms with Crippen LogP contribution in [0.25, 0.3) is 5.69 Å². The molecule has 0 atom stereocenters. The Balaban J connectivity index is 1.84. The average molecular weight is 522 g/mol. The minimum absolute atomic E-state index is 0.0351. The molecule has 33 heavy (non-hydrogen) atoms. The lowest BCUT2D eigenvalue weighted by atomic mass is 10.2. The number of halogens is 4. The minimum atomic E-state index is -0.838. The lowest BCUT2D eigenvalue weighted by Crippen LogP contribution is -2.30. The van der Waals surface area contributed by atoms with Crippen LogP contribution in [0.15, 0.2) is 77.6 Å². The third kappa shape index (κ3) is 4.70. The third-order valence-electron chi connectivity index (χ3n) is 4.57. The molecule has 0 bridgehead atoms. The van der Waals surface area contributed by atoms with Gasteiger partial charge in [-0.25, -0.2) is 9.48 Å². The van der Waals surface area contributed by atoms with Crippen LogP contribution >= 0.6 is 46.4 Å². The normalized spacial score (nSPS) is 10.8. The van der Waals surface area contributed by atoms with Crippen molar-refractivity contribution in [3.63, 3.8) is 0 Å². The Morgan fingerprint density at radius 3 is 1.88 bits per heavy atom. The summed E-state index contributed by atoms with van der Waals surface area (Å²) in [5, 5.41) is 0.808. The Labute approximate surface area is 207 Å². The molecule has 0 aliphatic heterocycles. The Kier molecular flexibility index (Phi) is 6.63. The van der Waals surface area contributed by atoms with Crippen molar-refractivity contribution in [2.24, 2.45) is 0 Å². The first-order chi connectivity index (χ1) is 15.8. The van der Waals surface area contributed by atoms with Crippen LogP contribution in [0.4, 0.5) is 0 Å². The van der Waals surface area contributed by atoms with Gasteiger partial charge in [-0.2, -0.15) is 4.68 Å². The first-order valence-corrected chi connectivity index (χ1v) is 10.8. The van der Waals surface area contributed by atoms with E-state index in [1.54, 1.807) is 30.3 Å². The standard InChI is InChI=1S/C23H12Cl4N2O4/c24-13-6-8-16(18(26)10-13)22(31)29-20(30)12-21(28(29)15-4-2-1-3-5-15)33-23(32)17-9-7-14(25)11-19(17)27/h1-12H. The smallest absolute Gasteiger partial charge is 0.346 e. The van der Waals surface area contributed by atoms with Gasteiger partial charge in [-0.05, 0) is 48.5 Å². The monoisotopic (exact) mass is 520 g/mol. The first kappa shape index (κ1) is 23.1. The van der Waals surface area contributed by atoms with E-state index in [4.69, 9.17) is 51.1 Å². The molecule has 4 aromatic rings. The fraction of sp³-hybridized carbons (Fsp3) is 0. The molecule has 0 spiro atoms. The fourth-order valence-corrected chi connectivity index (χ4v) is 4.06. The Bertz CT molecular complexity index is 1440. The number of aromatic nitrogens is 2. The molecule has 1 heterocycles. The van der Waals surface area contributed by atoms with Crippen LogP contribution in [0.2, 0.25) is 20.1 Å². The Morgan fingerprint density at radius 2 is 1.30 bits per heavy atom. The molecular formula is C23H12Cl4N2O4. The Morgan fingerprint density at radius 1 is 0.727 bits per heavy atom. The number of para-hydroxylation sites is 1. The van der Waals surface area contributed by atoms with Crippen molar-refractivity contribution in [3.05, 3.63) is 114 Å². The van der Waals surface area contributed by atoms with Gasteiger partial charge in [0.05, 0.1) is 32.9 Å². The third-order valence-corrected chi connectivity index (χ3v) is 5.66. The molecule has 0 aliphatic carbocycles. The molecule has 0 N–H and O–H groups in total. The summed E-state index contributed by atoms with van der Waals surface area (Å²) >= 11 is 24.1. The van der Waals surface area contributed by atoms with Crippen molar-refractivity contribution in [3.8, 4) is 11.6 Å². The molecule has 0 fully saturated rings. The van der Waals surface area contributed by atoms with Crippen molar-refractivity contribution in [2.75, 3.05) is 0 Å². The number of carbonyl (C=O) groups is 2. The first-order valence-electron chi connectivity index (χ1n) is 9.34. The highest BCUT2D eigenvalue weighted by molar-refractivity contribution is 6.37. The quantitative estimate of drug-likeness (QED) is 0.301. The van der Waals surface area contributed by atoms with E-state index in [2.05, 4.69) is 0 Å². The Hall–Kier alpha value is -3.03. The zero-order valence-electron chi connectivity index (χ0n) is 16.5. The van der Waals surface area contributed by atoms with Crippen LogP contribution in [0.5, 0.6) is 5.88 Å². The number of esters is 1. The predicted octanol–water partition coefficient (Wildman–Crippen LogP) is 6.16. The molecule has 0 aliphatic rings. The summed E-state index contributed by atoms with van der Waals surface area (Å²) in [6.07, 6.45) is 0. The highest BCUT2D eigenvalue weighted by Crippen LogP contribution is 2.26. The topological polar surface area (TPSA) is 70.3 Å². The van der Waals surface area contributed by atoms with Gasteiger partial charge in [0.25, 0.3) is 11.5 Å². The van der Waals surface area contributed by atoms with E-state index in [1.165, 1.54) is 41.1 Å². The van der Waals surface area contributed by atoms with E-state index < -0.39 is 17.4 Å². The summed E-state index contributed by atoms with van der Waals surface area (Å²) in [6.45, 7) is 0. The van der Waals surface area contributed by atoms with Crippen molar-refractivity contribution in [1.82, 2.24) is 9.36 Å². The van der Waals surface area contributed by atoms with Crippen molar-refractivity contribution < 1.29 is 14.3 Å². The van der Waals surface area contributed by atoms with Crippen LogP contribution in [-0.2, 0) is 0 Å². The van der Waals surface area contributed by atoms with Crippen LogP contribution in [0, 0.1) is 0 Å². The number of carbonyl (C=O) groups excluding carboxylic acids is 2. The molecule has 166 valence electrons. The zero-order chi connectivity index (χ0) is 23.7. The number of ether oxygens (including phenoxy) is 1. The molecule has 3 aromatic carbocycles. The summed E-state index contributed by atoms with van der Waals surface area (Å²) in [6, 6.07) is 18.0. The van der Waals surface area contributed by atoms with Gasteiger partial charge in [0, 0.05) is 10.0 Å². The van der Waals surface area contributed by atoms with Crippen LogP contribution in [0.3, 0.4) is 0 Å². The van der Waals surface area contributed by atoms with Crippen molar-refractivity contribution in [1.29, 1.82) is 0 Å². The van der Waals surface area contributed by atoms with Gasteiger partial charge in [0.2, 0.25) is 5.88 Å². The highest BCUT2D eigenvalue weighted by atomic mass is 35.5. The summed E-state index contributed by atoms with van der Waals surface area (Å²) in [5.41, 5.74) is -0.270. The highest BCUT2D eigenvalue weighted by Gasteiger charge is 2.25. The number of nitrogens with zero attached hydrogens (tertiary/aromatic N) is 2. The van der Waals surface area contributed by atoms with Gasteiger partial charge in [-0.15, -0.1) is 0 Å². The molecule has 0 radical (unpaired) electrons. The van der Waals surface area contributed by atoms with E-state index in [1.807, 2.05) is 0 Å². The van der Waals surface area contributed by atoms with E-state index in [-0.39, 0.29) is 27.1 Å². The van der Waals surface area contributed by atoms with E-state index >= 15 is 0 Å². The van der Waals surface area contributed by atoms with Gasteiger partial charge < -0.3 is 4.74 Å². The van der Waals surface area contributed by atoms with Crippen molar-refractivity contribution >= 4 is 58.3 Å². The second-order valence-corrected chi connectivity index (χ2v) is 8.41. The number of hydrogen-bond donors (Lipinski definition) is 0. The lowest BCUT2D eigenvalue weighted by molar-refractivity contribution is 0.0716. The van der Waals surface area contributed by atoms with Gasteiger partial charge in [-0.1, -0.05) is 64.6 Å². The van der Waals surface area contributed by atoms with E-state index in [9.17, 15) is 14.4 Å². The molecule has 0 saturated carbocycles. The number of rotatable bonds is 4. The lowest BCUT2D eigenvalue weighted by Gasteiger charge is -2.14. The van der Waals surface area contributed by atoms with E-state index in [0.717, 1.165) is 10.7 Å². The van der Waals surface area contributed by atoms with Gasteiger partial charge in [0.15, 0.2) is 0 Å². The maximum atomic E-state index is 13.3. The second-order valence-electron chi connectivity index (χ2n) is 6.72. The molecule has 4 rings (SSSR count). The van der Waals surface area contributed by atoms with Crippen LogP contribution < -0.4 is 10.3 Å². The molecule has 0 saturated heterocycles. The fourth-order valence-electron chi connectivity index (χ4n) is 3.08. The van der Waals surface area contributed by atoms with Crippen LogP contribution in [0.1, 0.15) is 20.7 Å². The average Bonchev–Trinajstić information content (AvgIpc) is 3.09. The number of hydrogen-bond acceptors (Lipinski definition) is 4. The number of benzene rings is 3. The molecule has 6 nitrogen and oxygen atoms in total. The maximum absolute atomic E-state index is 13.3. The van der Waals surface area contributed by atoms with Gasteiger partial charge >= 0.3 is 5.97 Å². The SMILES string of the molecule is O=C(Oc1cc(=O)n(C(=O)c2ccc(Cl)cc2Cl)n1-c1ccccc1)c1ccc(Cl)cc1Cl. The van der Waals surface area contributed by atoms with E-state index in [0.29, 0.717) is 15.7 Å². The summed E-state index contributed by atoms with van der Waals surface area (Å²) < 4.78 is 7.47. The zero-order valence-corrected chi connectivity index (χ0v) is 19.5. The largest absolute Gasteiger partial charge is 0.404 e. The molecule has 1 aromatic heterocycles. The summed E-state index contributed by atoms with van der Waals surface area (Å²) in [4.78, 5) is 39.0.